The summed E-state index contributed by atoms with van der Waals surface area (Å²) in [5, 5.41) is 12.8. The monoisotopic (exact) mass is 154 g/mol. The lowest BCUT2D eigenvalue weighted by atomic mass is 10.2. The van der Waals surface area contributed by atoms with Crippen LogP contribution in [0.3, 0.4) is 0 Å². The third-order valence-corrected chi connectivity index (χ3v) is 1.36. The average molecular weight is 154 g/mol. The van der Waals surface area contributed by atoms with Crippen LogP contribution in [0.2, 0.25) is 0 Å². The van der Waals surface area contributed by atoms with Crippen LogP contribution in [0.5, 0.6) is 0 Å². The summed E-state index contributed by atoms with van der Waals surface area (Å²) in [5.41, 5.74) is 0.868. The van der Waals surface area contributed by atoms with E-state index in [9.17, 15) is 4.79 Å². The van der Waals surface area contributed by atoms with Crippen LogP contribution >= 0.6 is 0 Å². The van der Waals surface area contributed by atoms with E-state index in [0.29, 0.717) is 12.7 Å². The fraction of sp³-hybridized carbons (Fsp3) is 0.429. The molecule has 0 saturated carbocycles. The van der Waals surface area contributed by atoms with E-state index < -0.39 is 6.10 Å². The Morgan fingerprint density at radius 3 is 3.09 bits per heavy atom. The Bertz CT molecular complexity index is 244. The number of aldehydes is 1. The number of aromatic nitrogens is 2. The maximum atomic E-state index is 10.0. The van der Waals surface area contributed by atoms with Gasteiger partial charge in [0.2, 0.25) is 0 Å². The predicted molar refractivity (Wildman–Crippen MR) is 39.0 cm³/mol. The largest absolute Gasteiger partial charge is 0.385 e. The quantitative estimate of drug-likeness (QED) is 0.598. The first-order chi connectivity index (χ1) is 5.22. The average Bonchev–Trinajstić information content (AvgIpc) is 2.35. The number of aryl methyl sites for hydroxylation is 1. The Morgan fingerprint density at radius 1 is 1.91 bits per heavy atom. The van der Waals surface area contributed by atoms with E-state index in [4.69, 9.17) is 5.11 Å². The molecule has 1 unspecified atom stereocenters. The Morgan fingerprint density at radius 2 is 2.64 bits per heavy atom. The van der Waals surface area contributed by atoms with Gasteiger partial charge in [0.05, 0.1) is 6.20 Å². The molecule has 1 heterocycles. The molecule has 1 atom stereocenters. The number of carbonyl (C=O) groups is 1. The lowest BCUT2D eigenvalue weighted by Gasteiger charge is -1.97. The van der Waals surface area contributed by atoms with Crippen LogP contribution in [0, 0.1) is 0 Å². The SMILES string of the molecule is Cn1cc(CC(O)C=O)cn1. The van der Waals surface area contributed by atoms with Crippen LogP contribution in [0.4, 0.5) is 0 Å². The molecule has 0 aliphatic carbocycles. The molecule has 0 aliphatic heterocycles. The summed E-state index contributed by atoms with van der Waals surface area (Å²) in [7, 11) is 1.79. The van der Waals surface area contributed by atoms with E-state index >= 15 is 0 Å². The van der Waals surface area contributed by atoms with Crippen molar-refractivity contribution < 1.29 is 9.90 Å². The highest BCUT2D eigenvalue weighted by Gasteiger charge is 2.03. The Labute approximate surface area is 64.5 Å². The summed E-state index contributed by atoms with van der Waals surface area (Å²) < 4.78 is 1.63. The topological polar surface area (TPSA) is 55.1 Å². The molecule has 1 aromatic rings. The van der Waals surface area contributed by atoms with Crippen molar-refractivity contribution >= 4 is 6.29 Å². The normalized spacial score (nSPS) is 12.9. The fourth-order valence-corrected chi connectivity index (χ4v) is 0.867. The molecule has 0 radical (unpaired) electrons. The molecule has 11 heavy (non-hydrogen) atoms. The van der Waals surface area contributed by atoms with E-state index in [0.717, 1.165) is 5.56 Å². The highest BCUT2D eigenvalue weighted by molar-refractivity contribution is 5.56. The van der Waals surface area contributed by atoms with E-state index in [1.807, 2.05) is 0 Å². The smallest absolute Gasteiger partial charge is 0.148 e. The molecule has 0 bridgehead atoms. The van der Waals surface area contributed by atoms with Crippen LogP contribution in [0.15, 0.2) is 12.4 Å². The molecule has 60 valence electrons. The zero-order valence-corrected chi connectivity index (χ0v) is 6.27. The minimum Gasteiger partial charge on any atom is -0.385 e. The van der Waals surface area contributed by atoms with E-state index in [-0.39, 0.29) is 0 Å². The lowest BCUT2D eigenvalue weighted by Crippen LogP contribution is -2.10. The van der Waals surface area contributed by atoms with Gasteiger partial charge in [-0.05, 0) is 5.56 Å². The third kappa shape index (κ3) is 2.16. The number of rotatable bonds is 3. The van der Waals surface area contributed by atoms with Crippen LogP contribution in [0.1, 0.15) is 5.56 Å². The van der Waals surface area contributed by atoms with Crippen molar-refractivity contribution in [2.75, 3.05) is 0 Å². The first-order valence-corrected chi connectivity index (χ1v) is 3.33. The number of nitrogens with zero attached hydrogens (tertiary/aromatic N) is 2. The van der Waals surface area contributed by atoms with Crippen LogP contribution < -0.4 is 0 Å². The minimum atomic E-state index is -0.904. The minimum absolute atomic E-state index is 0.345. The van der Waals surface area contributed by atoms with Crippen LogP contribution in [-0.4, -0.2) is 27.3 Å². The van der Waals surface area contributed by atoms with Crippen LogP contribution in [-0.2, 0) is 18.3 Å². The number of aliphatic hydroxyl groups excluding tert-OH is 1. The van der Waals surface area contributed by atoms with Crippen molar-refractivity contribution in [2.24, 2.45) is 7.05 Å². The van der Waals surface area contributed by atoms with Gasteiger partial charge in [-0.2, -0.15) is 5.10 Å². The Kier molecular flexibility index (Phi) is 2.38. The standard InChI is InChI=1S/C7H10N2O2/c1-9-4-6(3-8-9)2-7(11)5-10/h3-5,7,11H,2H2,1H3. The van der Waals surface area contributed by atoms with Gasteiger partial charge in [0, 0.05) is 19.7 Å². The maximum absolute atomic E-state index is 10.0. The number of hydrogen-bond acceptors (Lipinski definition) is 3. The van der Waals surface area contributed by atoms with E-state index in [2.05, 4.69) is 5.10 Å². The number of aliphatic hydroxyl groups is 1. The van der Waals surface area contributed by atoms with Gasteiger partial charge in [-0.15, -0.1) is 0 Å². The van der Waals surface area contributed by atoms with Crippen molar-refractivity contribution in [3.8, 4) is 0 Å². The van der Waals surface area contributed by atoms with Crippen LogP contribution in [0.25, 0.3) is 0 Å². The summed E-state index contributed by atoms with van der Waals surface area (Å²) in [4.78, 5) is 10.0. The summed E-state index contributed by atoms with van der Waals surface area (Å²) in [6.07, 6.45) is 3.36. The molecule has 0 aromatic carbocycles. The third-order valence-electron chi connectivity index (χ3n) is 1.36. The molecule has 1 rings (SSSR count). The van der Waals surface area contributed by atoms with Gasteiger partial charge in [-0.3, -0.25) is 4.68 Å². The van der Waals surface area contributed by atoms with E-state index in [1.54, 1.807) is 24.1 Å². The number of hydrogen-bond donors (Lipinski definition) is 1. The van der Waals surface area contributed by atoms with Gasteiger partial charge in [0.15, 0.2) is 0 Å². The molecule has 0 saturated heterocycles. The maximum Gasteiger partial charge on any atom is 0.148 e. The second-order valence-electron chi connectivity index (χ2n) is 2.43. The molecule has 0 amide bonds. The molecular formula is C7H10N2O2. The van der Waals surface area contributed by atoms with Crippen molar-refractivity contribution in [2.45, 2.75) is 12.5 Å². The molecule has 0 spiro atoms. The summed E-state index contributed by atoms with van der Waals surface area (Å²) >= 11 is 0. The second kappa shape index (κ2) is 3.30. The molecule has 0 fully saturated rings. The Hall–Kier alpha value is -1.16. The first kappa shape index (κ1) is 7.94. The highest BCUT2D eigenvalue weighted by Crippen LogP contribution is 1.99. The van der Waals surface area contributed by atoms with Gasteiger partial charge >= 0.3 is 0 Å². The number of carbonyl (C=O) groups excluding carboxylic acids is 1. The van der Waals surface area contributed by atoms with E-state index in [1.165, 1.54) is 0 Å². The Balaban J connectivity index is 2.57. The zero-order chi connectivity index (χ0) is 8.27. The molecule has 1 N–H and O–H groups in total. The molecule has 4 nitrogen and oxygen atoms in total. The highest BCUT2D eigenvalue weighted by atomic mass is 16.3. The summed E-state index contributed by atoms with van der Waals surface area (Å²) in [6.45, 7) is 0. The zero-order valence-electron chi connectivity index (χ0n) is 6.27. The van der Waals surface area contributed by atoms with Crippen molar-refractivity contribution in [1.82, 2.24) is 9.78 Å². The van der Waals surface area contributed by atoms with Crippen molar-refractivity contribution in [1.29, 1.82) is 0 Å². The lowest BCUT2D eigenvalue weighted by molar-refractivity contribution is -0.114. The van der Waals surface area contributed by atoms with Gasteiger partial charge in [0.25, 0.3) is 0 Å². The summed E-state index contributed by atoms with van der Waals surface area (Å²) in [5.74, 6) is 0. The molecule has 1 aromatic heterocycles. The van der Waals surface area contributed by atoms with Gasteiger partial charge < -0.3 is 9.90 Å². The summed E-state index contributed by atoms with van der Waals surface area (Å²) in [6, 6.07) is 0. The predicted octanol–water partition coefficient (Wildman–Crippen LogP) is -0.478. The van der Waals surface area contributed by atoms with Crippen molar-refractivity contribution in [3.05, 3.63) is 18.0 Å². The molecule has 0 aliphatic rings. The first-order valence-electron chi connectivity index (χ1n) is 3.33. The van der Waals surface area contributed by atoms with Gasteiger partial charge in [-0.1, -0.05) is 0 Å². The van der Waals surface area contributed by atoms with Gasteiger partial charge in [-0.25, -0.2) is 0 Å². The molecule has 4 heteroatoms. The van der Waals surface area contributed by atoms with Crippen molar-refractivity contribution in [3.63, 3.8) is 0 Å². The molecular weight excluding hydrogens is 144 g/mol. The second-order valence-corrected chi connectivity index (χ2v) is 2.43. The van der Waals surface area contributed by atoms with Gasteiger partial charge in [0.1, 0.15) is 12.4 Å². The fourth-order valence-electron chi connectivity index (χ4n) is 0.867.